The number of esters is 1. The molecule has 0 bridgehead atoms. The molecule has 0 radical (unpaired) electrons. The quantitative estimate of drug-likeness (QED) is 0.458. The highest BCUT2D eigenvalue weighted by molar-refractivity contribution is 5.97. The van der Waals surface area contributed by atoms with Crippen molar-refractivity contribution in [1.29, 1.82) is 0 Å². The first-order valence-electron chi connectivity index (χ1n) is 8.96. The number of pyridine rings is 1. The standard InChI is InChI=1S/C21H21FN2O4/c1-4-28-18-6-5-11-24-19(13(2)23-20(18)24)17(25)10-8-14-7-9-16(22)15(12-14)21(26)27-3/h5-7,9,11-12H,4,8,10H2,1-3H3. The fourth-order valence-electron chi connectivity index (χ4n) is 3.13. The van der Waals surface area contributed by atoms with E-state index in [1.54, 1.807) is 29.7 Å². The van der Waals surface area contributed by atoms with Crippen LogP contribution < -0.4 is 4.74 Å². The molecule has 3 rings (SSSR count). The van der Waals surface area contributed by atoms with E-state index in [-0.39, 0.29) is 17.8 Å². The third-order valence-electron chi connectivity index (χ3n) is 4.43. The van der Waals surface area contributed by atoms with Crippen LogP contribution in [-0.4, -0.2) is 34.9 Å². The van der Waals surface area contributed by atoms with Gasteiger partial charge in [-0.1, -0.05) is 6.07 Å². The van der Waals surface area contributed by atoms with Crippen LogP contribution in [-0.2, 0) is 11.2 Å². The molecule has 0 spiro atoms. The number of methoxy groups -OCH3 is 1. The zero-order valence-corrected chi connectivity index (χ0v) is 16.0. The molecule has 7 heteroatoms. The van der Waals surface area contributed by atoms with Crippen LogP contribution in [0, 0.1) is 12.7 Å². The molecule has 3 aromatic rings. The number of fused-ring (bicyclic) bond motifs is 1. The number of ether oxygens (including phenoxy) is 2. The Hall–Kier alpha value is -3.22. The van der Waals surface area contributed by atoms with Crippen LogP contribution in [0.2, 0.25) is 0 Å². The van der Waals surface area contributed by atoms with Gasteiger partial charge in [0.15, 0.2) is 17.2 Å². The number of carbonyl (C=O) groups excluding carboxylic acids is 2. The molecule has 6 nitrogen and oxygen atoms in total. The number of halogens is 1. The summed E-state index contributed by atoms with van der Waals surface area (Å²) >= 11 is 0. The number of Topliss-reactive ketones (excluding diaryl/α,β-unsaturated/α-hetero) is 1. The molecule has 146 valence electrons. The Bertz CT molecular complexity index is 1040. The van der Waals surface area contributed by atoms with E-state index in [1.807, 2.05) is 13.0 Å². The van der Waals surface area contributed by atoms with Crippen LogP contribution in [0.25, 0.3) is 5.65 Å². The van der Waals surface area contributed by atoms with E-state index in [4.69, 9.17) is 4.74 Å². The van der Waals surface area contributed by atoms with Crippen LogP contribution in [0.4, 0.5) is 4.39 Å². The van der Waals surface area contributed by atoms with Gasteiger partial charge in [0.1, 0.15) is 11.5 Å². The van der Waals surface area contributed by atoms with Crippen molar-refractivity contribution in [3.05, 3.63) is 64.9 Å². The molecule has 0 aliphatic rings. The molecule has 0 N–H and O–H groups in total. The number of imidazole rings is 1. The Labute approximate surface area is 161 Å². The third kappa shape index (κ3) is 3.74. The monoisotopic (exact) mass is 384 g/mol. The van der Waals surface area contributed by atoms with E-state index in [1.165, 1.54) is 19.2 Å². The number of benzene rings is 1. The minimum atomic E-state index is -0.744. The van der Waals surface area contributed by atoms with Crippen molar-refractivity contribution in [3.63, 3.8) is 0 Å². The molecule has 0 saturated heterocycles. The van der Waals surface area contributed by atoms with Gasteiger partial charge in [0, 0.05) is 12.6 Å². The summed E-state index contributed by atoms with van der Waals surface area (Å²) in [6, 6.07) is 7.80. The van der Waals surface area contributed by atoms with E-state index in [9.17, 15) is 14.0 Å². The van der Waals surface area contributed by atoms with Gasteiger partial charge in [-0.25, -0.2) is 14.2 Å². The van der Waals surface area contributed by atoms with Crippen molar-refractivity contribution < 1.29 is 23.5 Å². The predicted octanol–water partition coefficient (Wildman–Crippen LogP) is 3.78. The van der Waals surface area contributed by atoms with Crippen molar-refractivity contribution in [2.45, 2.75) is 26.7 Å². The largest absolute Gasteiger partial charge is 0.490 e. The summed E-state index contributed by atoms with van der Waals surface area (Å²) in [6.45, 7) is 4.17. The maximum Gasteiger partial charge on any atom is 0.340 e. The molecule has 28 heavy (non-hydrogen) atoms. The number of rotatable bonds is 7. The van der Waals surface area contributed by atoms with Gasteiger partial charge >= 0.3 is 5.97 Å². The third-order valence-corrected chi connectivity index (χ3v) is 4.43. The lowest BCUT2D eigenvalue weighted by Crippen LogP contribution is -2.08. The molecule has 2 aromatic heterocycles. The number of aryl methyl sites for hydroxylation is 2. The van der Waals surface area contributed by atoms with Crippen LogP contribution in [0.1, 0.15) is 45.4 Å². The van der Waals surface area contributed by atoms with Crippen LogP contribution >= 0.6 is 0 Å². The first kappa shape index (κ1) is 19.5. The Balaban J connectivity index is 1.84. The minimum absolute atomic E-state index is 0.0948. The molecule has 0 aliphatic heterocycles. The summed E-state index contributed by atoms with van der Waals surface area (Å²) in [5.74, 6) is -0.870. The fraction of sp³-hybridized carbons (Fsp3) is 0.286. The maximum absolute atomic E-state index is 13.8. The molecule has 1 aromatic carbocycles. The van der Waals surface area contributed by atoms with E-state index in [0.29, 0.717) is 41.4 Å². The van der Waals surface area contributed by atoms with Gasteiger partial charge in [0.05, 0.1) is 25.0 Å². The van der Waals surface area contributed by atoms with Gasteiger partial charge in [0.2, 0.25) is 0 Å². The zero-order chi connectivity index (χ0) is 20.3. The second-order valence-corrected chi connectivity index (χ2v) is 6.27. The van der Waals surface area contributed by atoms with Crippen molar-refractivity contribution in [2.24, 2.45) is 0 Å². The SMILES string of the molecule is CCOc1cccn2c(C(=O)CCc3ccc(F)c(C(=O)OC)c3)c(C)nc12. The first-order valence-corrected chi connectivity index (χ1v) is 8.96. The van der Waals surface area contributed by atoms with Crippen molar-refractivity contribution >= 4 is 17.4 Å². The van der Waals surface area contributed by atoms with Gasteiger partial charge in [-0.15, -0.1) is 0 Å². The highest BCUT2D eigenvalue weighted by atomic mass is 19.1. The predicted molar refractivity (Wildman–Crippen MR) is 101 cm³/mol. The van der Waals surface area contributed by atoms with Gasteiger partial charge in [-0.3, -0.25) is 9.20 Å². The summed E-state index contributed by atoms with van der Waals surface area (Å²) in [6.07, 6.45) is 2.33. The molecule has 0 atom stereocenters. The van der Waals surface area contributed by atoms with Gasteiger partial charge in [0.25, 0.3) is 0 Å². The topological polar surface area (TPSA) is 69.9 Å². The Morgan fingerprint density at radius 2 is 2.04 bits per heavy atom. The Morgan fingerprint density at radius 1 is 1.25 bits per heavy atom. The smallest absolute Gasteiger partial charge is 0.340 e. The lowest BCUT2D eigenvalue weighted by molar-refractivity contribution is 0.0595. The van der Waals surface area contributed by atoms with Crippen LogP contribution in [0.5, 0.6) is 5.75 Å². The van der Waals surface area contributed by atoms with Crippen molar-refractivity contribution in [2.75, 3.05) is 13.7 Å². The molecule has 0 amide bonds. The fourth-order valence-corrected chi connectivity index (χ4v) is 3.13. The summed E-state index contributed by atoms with van der Waals surface area (Å²) in [5.41, 5.74) is 2.25. The summed E-state index contributed by atoms with van der Waals surface area (Å²) in [5, 5.41) is 0. The maximum atomic E-state index is 13.8. The Kier molecular flexibility index (Phi) is 5.73. The number of nitrogens with zero attached hydrogens (tertiary/aromatic N) is 2. The molecular formula is C21H21FN2O4. The van der Waals surface area contributed by atoms with Gasteiger partial charge in [-0.05, 0) is 50.1 Å². The second kappa shape index (κ2) is 8.21. The summed E-state index contributed by atoms with van der Waals surface area (Å²) < 4.78 is 25.7. The van der Waals surface area contributed by atoms with E-state index in [0.717, 1.165) is 0 Å². The number of hydrogen-bond donors (Lipinski definition) is 0. The first-order chi connectivity index (χ1) is 13.5. The number of hydrogen-bond acceptors (Lipinski definition) is 5. The normalized spacial score (nSPS) is 10.9. The zero-order valence-electron chi connectivity index (χ0n) is 16.0. The molecule has 0 fully saturated rings. The molecule has 2 heterocycles. The Morgan fingerprint density at radius 3 is 2.75 bits per heavy atom. The number of aromatic nitrogens is 2. The van der Waals surface area contributed by atoms with Crippen LogP contribution in [0.3, 0.4) is 0 Å². The average Bonchev–Trinajstić information content (AvgIpc) is 3.03. The summed E-state index contributed by atoms with van der Waals surface area (Å²) in [7, 11) is 1.20. The highest BCUT2D eigenvalue weighted by Gasteiger charge is 2.19. The number of ketones is 1. The lowest BCUT2D eigenvalue weighted by Gasteiger charge is -2.07. The van der Waals surface area contributed by atoms with Crippen molar-refractivity contribution in [3.8, 4) is 5.75 Å². The lowest BCUT2D eigenvalue weighted by atomic mass is 10.0. The highest BCUT2D eigenvalue weighted by Crippen LogP contribution is 2.23. The minimum Gasteiger partial charge on any atom is -0.490 e. The van der Waals surface area contributed by atoms with E-state index in [2.05, 4.69) is 9.72 Å². The van der Waals surface area contributed by atoms with Crippen LogP contribution in [0.15, 0.2) is 36.5 Å². The van der Waals surface area contributed by atoms with Crippen molar-refractivity contribution in [1.82, 2.24) is 9.38 Å². The van der Waals surface area contributed by atoms with E-state index < -0.39 is 11.8 Å². The number of carbonyl (C=O) groups is 2. The average molecular weight is 384 g/mol. The molecule has 0 unspecified atom stereocenters. The van der Waals surface area contributed by atoms with Gasteiger partial charge < -0.3 is 9.47 Å². The second-order valence-electron chi connectivity index (χ2n) is 6.27. The summed E-state index contributed by atoms with van der Waals surface area (Å²) in [4.78, 5) is 29.0. The van der Waals surface area contributed by atoms with E-state index >= 15 is 0 Å². The van der Waals surface area contributed by atoms with Gasteiger partial charge in [-0.2, -0.15) is 0 Å². The molecule has 0 aliphatic carbocycles. The molecule has 0 saturated carbocycles. The molecular weight excluding hydrogens is 363 g/mol.